The lowest BCUT2D eigenvalue weighted by Crippen LogP contribution is -2.38. The van der Waals surface area contributed by atoms with E-state index in [0.717, 1.165) is 42.5 Å². The molecule has 5 heteroatoms. The number of nitrogens with zero attached hydrogens (tertiary/aromatic N) is 1. The Balaban J connectivity index is 1.93. The topological polar surface area (TPSA) is 54.9 Å². The number of hydrogen-bond acceptors (Lipinski definition) is 3. The first-order chi connectivity index (χ1) is 12.3. The van der Waals surface area contributed by atoms with Gasteiger partial charge in [0.2, 0.25) is 0 Å². The number of guanidine groups is 1. The van der Waals surface area contributed by atoms with Crippen LogP contribution in [0, 0.1) is 0 Å². The van der Waals surface area contributed by atoms with E-state index in [0.29, 0.717) is 6.54 Å². The molecule has 25 heavy (non-hydrogen) atoms. The molecular weight excluding hydrogens is 314 g/mol. The lowest BCUT2D eigenvalue weighted by Gasteiger charge is -2.12. The molecule has 2 N–H and O–H groups in total. The molecule has 2 rings (SSSR count). The molecule has 0 spiro atoms. The van der Waals surface area contributed by atoms with Crippen LogP contribution in [0.5, 0.6) is 11.5 Å². The maximum absolute atomic E-state index is 5.38. The maximum atomic E-state index is 5.38. The van der Waals surface area contributed by atoms with Crippen LogP contribution in [-0.4, -0.2) is 33.3 Å². The van der Waals surface area contributed by atoms with Crippen molar-refractivity contribution in [2.24, 2.45) is 4.99 Å². The molecule has 0 unspecified atom stereocenters. The van der Waals surface area contributed by atoms with E-state index in [1.807, 2.05) is 36.4 Å². The Morgan fingerprint density at radius 3 is 2.60 bits per heavy atom. The Hall–Kier alpha value is -2.69. The zero-order valence-electron chi connectivity index (χ0n) is 15.2. The number of methoxy groups -OCH3 is 2. The quantitative estimate of drug-likeness (QED) is 0.572. The van der Waals surface area contributed by atoms with Crippen molar-refractivity contribution in [3.8, 4) is 11.5 Å². The van der Waals surface area contributed by atoms with E-state index in [2.05, 4.69) is 34.7 Å². The largest absolute Gasteiger partial charge is 0.497 e. The molecule has 134 valence electrons. The lowest BCUT2D eigenvalue weighted by atomic mass is 10.1. The Kier molecular flexibility index (Phi) is 7.63. The first-order valence-corrected chi connectivity index (χ1v) is 8.53. The van der Waals surface area contributed by atoms with Gasteiger partial charge in [0.05, 0.1) is 20.8 Å². The molecule has 0 saturated carbocycles. The number of aliphatic imine (C=N–C) groups is 1. The molecule has 0 aliphatic rings. The van der Waals surface area contributed by atoms with Crippen molar-refractivity contribution in [1.29, 1.82) is 0 Å². The van der Waals surface area contributed by atoms with Gasteiger partial charge in [-0.1, -0.05) is 30.3 Å². The summed E-state index contributed by atoms with van der Waals surface area (Å²) in [7, 11) is 3.37. The molecule has 0 radical (unpaired) electrons. The van der Waals surface area contributed by atoms with Gasteiger partial charge in [-0.25, -0.2) is 4.99 Å². The number of benzene rings is 2. The average molecular weight is 341 g/mol. The predicted molar refractivity (Wildman–Crippen MR) is 103 cm³/mol. The van der Waals surface area contributed by atoms with E-state index >= 15 is 0 Å². The van der Waals surface area contributed by atoms with Crippen LogP contribution in [0.3, 0.4) is 0 Å². The summed E-state index contributed by atoms with van der Waals surface area (Å²) in [6.07, 6.45) is 0.899. The molecule has 0 saturated heterocycles. The van der Waals surface area contributed by atoms with Crippen LogP contribution in [0.2, 0.25) is 0 Å². The van der Waals surface area contributed by atoms with Crippen LogP contribution in [0.4, 0.5) is 0 Å². The second-order valence-electron chi connectivity index (χ2n) is 5.54. The average Bonchev–Trinajstić information content (AvgIpc) is 2.66. The number of nitrogens with one attached hydrogen (secondary N) is 2. The summed E-state index contributed by atoms with van der Waals surface area (Å²) in [6, 6.07) is 16.1. The first kappa shape index (κ1) is 18.6. The summed E-state index contributed by atoms with van der Waals surface area (Å²) < 4.78 is 10.6. The number of ether oxygens (including phenoxy) is 2. The van der Waals surface area contributed by atoms with E-state index in [4.69, 9.17) is 9.47 Å². The van der Waals surface area contributed by atoms with Gasteiger partial charge in [0, 0.05) is 18.7 Å². The number of hydrogen-bond donors (Lipinski definition) is 2. The van der Waals surface area contributed by atoms with E-state index in [-0.39, 0.29) is 0 Å². The second kappa shape index (κ2) is 10.2. The molecule has 0 aliphatic heterocycles. The Morgan fingerprint density at radius 2 is 1.84 bits per heavy atom. The van der Waals surface area contributed by atoms with Gasteiger partial charge in [-0.3, -0.25) is 0 Å². The SMILES string of the molecule is CCNC(=NCc1ccccc1OC)NCCc1cccc(OC)c1. The molecule has 0 aromatic heterocycles. The molecule has 2 aromatic rings. The molecule has 2 aromatic carbocycles. The van der Waals surface area contributed by atoms with Crippen LogP contribution in [-0.2, 0) is 13.0 Å². The summed E-state index contributed by atoms with van der Waals surface area (Å²) in [4.78, 5) is 4.65. The van der Waals surface area contributed by atoms with Crippen molar-refractivity contribution in [1.82, 2.24) is 10.6 Å². The third kappa shape index (κ3) is 6.03. The van der Waals surface area contributed by atoms with Crippen LogP contribution in [0.25, 0.3) is 0 Å². The predicted octanol–water partition coefficient (Wildman–Crippen LogP) is 3.00. The minimum absolute atomic E-state index is 0.568. The molecule has 0 bridgehead atoms. The van der Waals surface area contributed by atoms with Gasteiger partial charge in [-0.05, 0) is 37.1 Å². The van der Waals surface area contributed by atoms with Crippen LogP contribution in [0.1, 0.15) is 18.1 Å². The van der Waals surface area contributed by atoms with Gasteiger partial charge >= 0.3 is 0 Å². The normalized spacial score (nSPS) is 11.1. The fourth-order valence-electron chi connectivity index (χ4n) is 2.49. The highest BCUT2D eigenvalue weighted by molar-refractivity contribution is 5.79. The van der Waals surface area contributed by atoms with E-state index in [1.54, 1.807) is 14.2 Å². The highest BCUT2D eigenvalue weighted by atomic mass is 16.5. The molecule has 0 amide bonds. The Bertz CT molecular complexity index is 686. The first-order valence-electron chi connectivity index (χ1n) is 8.53. The second-order valence-corrected chi connectivity index (χ2v) is 5.54. The highest BCUT2D eigenvalue weighted by Crippen LogP contribution is 2.17. The maximum Gasteiger partial charge on any atom is 0.191 e. The van der Waals surface area contributed by atoms with E-state index in [1.165, 1.54) is 5.56 Å². The monoisotopic (exact) mass is 341 g/mol. The minimum Gasteiger partial charge on any atom is -0.497 e. The van der Waals surface area contributed by atoms with E-state index in [9.17, 15) is 0 Å². The zero-order valence-corrected chi connectivity index (χ0v) is 15.2. The zero-order chi connectivity index (χ0) is 17.9. The summed E-state index contributed by atoms with van der Waals surface area (Å²) >= 11 is 0. The summed E-state index contributed by atoms with van der Waals surface area (Å²) in [5, 5.41) is 6.64. The van der Waals surface area contributed by atoms with Crippen molar-refractivity contribution < 1.29 is 9.47 Å². The fourth-order valence-corrected chi connectivity index (χ4v) is 2.49. The molecular formula is C20H27N3O2. The molecule has 5 nitrogen and oxygen atoms in total. The van der Waals surface area contributed by atoms with Crippen molar-refractivity contribution in [3.05, 3.63) is 59.7 Å². The van der Waals surface area contributed by atoms with Gasteiger partial charge in [0.25, 0.3) is 0 Å². The third-order valence-corrected chi connectivity index (χ3v) is 3.78. The van der Waals surface area contributed by atoms with Gasteiger partial charge in [-0.15, -0.1) is 0 Å². The van der Waals surface area contributed by atoms with Crippen molar-refractivity contribution in [2.45, 2.75) is 19.9 Å². The summed E-state index contributed by atoms with van der Waals surface area (Å²) in [5.41, 5.74) is 2.29. The molecule has 0 fully saturated rings. The lowest BCUT2D eigenvalue weighted by molar-refractivity contribution is 0.410. The smallest absolute Gasteiger partial charge is 0.191 e. The van der Waals surface area contributed by atoms with Gasteiger partial charge in [-0.2, -0.15) is 0 Å². The van der Waals surface area contributed by atoms with Crippen LogP contribution in [0.15, 0.2) is 53.5 Å². The summed E-state index contributed by atoms with van der Waals surface area (Å²) in [6.45, 7) is 4.24. The van der Waals surface area contributed by atoms with Crippen molar-refractivity contribution >= 4 is 5.96 Å². The van der Waals surface area contributed by atoms with Crippen molar-refractivity contribution in [3.63, 3.8) is 0 Å². The fraction of sp³-hybridized carbons (Fsp3) is 0.350. The highest BCUT2D eigenvalue weighted by Gasteiger charge is 2.03. The van der Waals surface area contributed by atoms with Gasteiger partial charge < -0.3 is 20.1 Å². The van der Waals surface area contributed by atoms with E-state index < -0.39 is 0 Å². The third-order valence-electron chi connectivity index (χ3n) is 3.78. The van der Waals surface area contributed by atoms with Gasteiger partial charge in [0.15, 0.2) is 5.96 Å². The Morgan fingerprint density at radius 1 is 1.00 bits per heavy atom. The summed E-state index contributed by atoms with van der Waals surface area (Å²) in [5.74, 6) is 2.55. The molecule has 0 heterocycles. The Labute approximate surface area is 150 Å². The van der Waals surface area contributed by atoms with Gasteiger partial charge in [0.1, 0.15) is 11.5 Å². The minimum atomic E-state index is 0.568. The number of rotatable bonds is 8. The molecule has 0 atom stereocenters. The van der Waals surface area contributed by atoms with Crippen LogP contribution >= 0.6 is 0 Å². The van der Waals surface area contributed by atoms with Crippen molar-refractivity contribution in [2.75, 3.05) is 27.3 Å². The standard InChI is InChI=1S/C20H27N3O2/c1-4-21-20(23-15-17-9-5-6-11-19(17)25-3)22-13-12-16-8-7-10-18(14-16)24-2/h5-11,14H,4,12-13,15H2,1-3H3,(H2,21,22,23). The van der Waals surface area contributed by atoms with Crippen LogP contribution < -0.4 is 20.1 Å². The molecule has 0 aliphatic carbocycles. The number of para-hydroxylation sites is 1.